The minimum atomic E-state index is -3.25. The Labute approximate surface area is 118 Å². The van der Waals surface area contributed by atoms with Crippen LogP contribution >= 0.6 is 0 Å². The molecule has 2 heterocycles. The van der Waals surface area contributed by atoms with E-state index in [2.05, 4.69) is 9.71 Å². The van der Waals surface area contributed by atoms with Gasteiger partial charge in [0, 0.05) is 31.0 Å². The Morgan fingerprint density at radius 1 is 1.55 bits per heavy atom. The molecule has 0 spiro atoms. The van der Waals surface area contributed by atoms with Gasteiger partial charge < -0.3 is 15.6 Å². The molecule has 1 aliphatic heterocycles. The highest BCUT2D eigenvalue weighted by Gasteiger charge is 2.28. The number of likely N-dealkylation sites (tertiary alicyclic amines) is 1. The van der Waals surface area contributed by atoms with Gasteiger partial charge in [0.15, 0.2) is 0 Å². The molecule has 2 rings (SSSR count). The number of sulfonamides is 1. The first-order valence-corrected chi connectivity index (χ1v) is 8.45. The van der Waals surface area contributed by atoms with E-state index < -0.39 is 10.0 Å². The molecule has 1 amide bonds. The normalized spacial score (nSPS) is 20.1. The maximum Gasteiger partial charge on any atom is 0.270 e. The Hall–Kier alpha value is -1.54. The van der Waals surface area contributed by atoms with Crippen molar-refractivity contribution in [3.8, 4) is 0 Å². The van der Waals surface area contributed by atoms with E-state index in [1.54, 1.807) is 17.2 Å². The maximum absolute atomic E-state index is 12.4. The number of nitrogen functional groups attached to an aromatic ring is 1. The SMILES string of the molecule is CS(=O)(=O)NCC1CCCCN1C(=O)c1cc(N)c[nH]1. The first kappa shape index (κ1) is 14.9. The van der Waals surface area contributed by atoms with Crippen molar-refractivity contribution in [3.05, 3.63) is 18.0 Å². The molecule has 4 N–H and O–H groups in total. The van der Waals surface area contributed by atoms with Crippen molar-refractivity contribution < 1.29 is 13.2 Å². The van der Waals surface area contributed by atoms with E-state index >= 15 is 0 Å². The van der Waals surface area contributed by atoms with Gasteiger partial charge in [-0.3, -0.25) is 4.79 Å². The highest BCUT2D eigenvalue weighted by molar-refractivity contribution is 7.88. The summed E-state index contributed by atoms with van der Waals surface area (Å²) in [5, 5.41) is 0. The van der Waals surface area contributed by atoms with Crippen LogP contribution in [-0.4, -0.2) is 49.6 Å². The van der Waals surface area contributed by atoms with Crippen LogP contribution < -0.4 is 10.5 Å². The molecule has 7 nitrogen and oxygen atoms in total. The summed E-state index contributed by atoms with van der Waals surface area (Å²) in [5.41, 5.74) is 6.55. The van der Waals surface area contributed by atoms with Gasteiger partial charge in [0.2, 0.25) is 10.0 Å². The minimum Gasteiger partial charge on any atom is -0.397 e. The molecule has 0 saturated carbocycles. The number of nitrogens with two attached hydrogens (primary N) is 1. The summed E-state index contributed by atoms with van der Waals surface area (Å²) < 4.78 is 24.8. The van der Waals surface area contributed by atoms with Gasteiger partial charge in [-0.15, -0.1) is 0 Å². The molecule has 112 valence electrons. The fourth-order valence-electron chi connectivity index (χ4n) is 2.42. The summed E-state index contributed by atoms with van der Waals surface area (Å²) in [4.78, 5) is 17.0. The Balaban J connectivity index is 2.08. The number of rotatable bonds is 4. The number of aromatic amines is 1. The van der Waals surface area contributed by atoms with Crippen LogP contribution in [0.4, 0.5) is 5.69 Å². The van der Waals surface area contributed by atoms with Crippen LogP contribution in [0.15, 0.2) is 12.3 Å². The van der Waals surface area contributed by atoms with Crippen molar-refractivity contribution in [3.63, 3.8) is 0 Å². The van der Waals surface area contributed by atoms with Crippen LogP contribution in [0.3, 0.4) is 0 Å². The summed E-state index contributed by atoms with van der Waals surface area (Å²) in [6.07, 6.45) is 5.41. The first-order valence-electron chi connectivity index (χ1n) is 6.56. The van der Waals surface area contributed by atoms with Gasteiger partial charge in [0.05, 0.1) is 6.26 Å². The number of hydrogen-bond acceptors (Lipinski definition) is 4. The van der Waals surface area contributed by atoms with Crippen LogP contribution in [0.2, 0.25) is 0 Å². The van der Waals surface area contributed by atoms with Gasteiger partial charge >= 0.3 is 0 Å². The molecule has 1 unspecified atom stereocenters. The Morgan fingerprint density at radius 2 is 2.30 bits per heavy atom. The largest absolute Gasteiger partial charge is 0.397 e. The van der Waals surface area contributed by atoms with Gasteiger partial charge in [-0.25, -0.2) is 13.1 Å². The lowest BCUT2D eigenvalue weighted by atomic mass is 10.0. The highest BCUT2D eigenvalue weighted by Crippen LogP contribution is 2.19. The van der Waals surface area contributed by atoms with E-state index in [1.165, 1.54) is 0 Å². The smallest absolute Gasteiger partial charge is 0.270 e. The molecule has 0 aliphatic carbocycles. The number of carbonyl (C=O) groups is 1. The number of nitrogens with one attached hydrogen (secondary N) is 2. The van der Waals surface area contributed by atoms with E-state index in [9.17, 15) is 13.2 Å². The molecule has 1 aliphatic rings. The molecule has 8 heteroatoms. The molecule has 1 aromatic rings. The van der Waals surface area contributed by atoms with Gasteiger partial charge in [0.1, 0.15) is 5.69 Å². The zero-order valence-electron chi connectivity index (χ0n) is 11.4. The maximum atomic E-state index is 12.4. The quantitative estimate of drug-likeness (QED) is 0.735. The number of piperidine rings is 1. The standard InChI is InChI=1S/C12H20N4O3S/c1-20(18,19)15-8-10-4-2-3-5-16(10)12(17)11-6-9(13)7-14-11/h6-7,10,14-15H,2-5,8,13H2,1H3. The Bertz CT molecular complexity index is 581. The van der Waals surface area contributed by atoms with Crippen LogP contribution in [0.25, 0.3) is 0 Å². The predicted molar refractivity (Wildman–Crippen MR) is 76.7 cm³/mol. The molecular weight excluding hydrogens is 280 g/mol. The van der Waals surface area contributed by atoms with Crippen molar-refractivity contribution in [2.45, 2.75) is 25.3 Å². The second-order valence-corrected chi connectivity index (χ2v) is 6.95. The van der Waals surface area contributed by atoms with Crippen molar-refractivity contribution in [1.82, 2.24) is 14.6 Å². The summed E-state index contributed by atoms with van der Waals surface area (Å²) in [5.74, 6) is -0.137. The van der Waals surface area contributed by atoms with Gasteiger partial charge in [-0.1, -0.05) is 0 Å². The third kappa shape index (κ3) is 3.73. The lowest BCUT2D eigenvalue weighted by molar-refractivity contribution is 0.0613. The number of anilines is 1. The van der Waals surface area contributed by atoms with E-state index in [0.29, 0.717) is 17.9 Å². The van der Waals surface area contributed by atoms with Crippen LogP contribution in [-0.2, 0) is 10.0 Å². The average molecular weight is 300 g/mol. The monoisotopic (exact) mass is 300 g/mol. The molecule has 20 heavy (non-hydrogen) atoms. The topological polar surface area (TPSA) is 108 Å². The number of carbonyl (C=O) groups excluding carboxylic acids is 1. The lowest BCUT2D eigenvalue weighted by Gasteiger charge is -2.35. The van der Waals surface area contributed by atoms with Crippen LogP contribution in [0.5, 0.6) is 0 Å². The lowest BCUT2D eigenvalue weighted by Crippen LogP contribution is -2.49. The number of H-pyrrole nitrogens is 1. The molecular formula is C12H20N4O3S. The molecule has 1 atom stereocenters. The molecule has 1 saturated heterocycles. The number of nitrogens with zero attached hydrogens (tertiary/aromatic N) is 1. The molecule has 1 aromatic heterocycles. The molecule has 0 radical (unpaired) electrons. The van der Waals surface area contributed by atoms with E-state index in [-0.39, 0.29) is 18.5 Å². The molecule has 0 bridgehead atoms. The molecule has 1 fully saturated rings. The number of aromatic nitrogens is 1. The number of hydrogen-bond donors (Lipinski definition) is 3. The average Bonchev–Trinajstić information content (AvgIpc) is 2.82. The van der Waals surface area contributed by atoms with Crippen molar-refractivity contribution in [2.75, 3.05) is 25.1 Å². The zero-order valence-corrected chi connectivity index (χ0v) is 12.2. The third-order valence-corrected chi connectivity index (χ3v) is 4.10. The highest BCUT2D eigenvalue weighted by atomic mass is 32.2. The second kappa shape index (κ2) is 5.84. The summed E-state index contributed by atoms with van der Waals surface area (Å²) in [6.45, 7) is 0.884. The van der Waals surface area contributed by atoms with E-state index in [4.69, 9.17) is 5.73 Å². The van der Waals surface area contributed by atoms with Gasteiger partial charge in [-0.2, -0.15) is 0 Å². The Kier molecular flexibility index (Phi) is 4.34. The summed E-state index contributed by atoms with van der Waals surface area (Å²) >= 11 is 0. The summed E-state index contributed by atoms with van der Waals surface area (Å²) in [7, 11) is -3.25. The number of amides is 1. The van der Waals surface area contributed by atoms with Crippen LogP contribution in [0, 0.1) is 0 Å². The van der Waals surface area contributed by atoms with Gasteiger partial charge in [-0.05, 0) is 25.3 Å². The van der Waals surface area contributed by atoms with Crippen molar-refractivity contribution >= 4 is 21.6 Å². The fraction of sp³-hybridized carbons (Fsp3) is 0.583. The fourth-order valence-corrected chi connectivity index (χ4v) is 2.91. The van der Waals surface area contributed by atoms with Gasteiger partial charge in [0.25, 0.3) is 5.91 Å². The van der Waals surface area contributed by atoms with E-state index in [0.717, 1.165) is 25.5 Å². The minimum absolute atomic E-state index is 0.115. The molecule has 0 aromatic carbocycles. The first-order chi connectivity index (χ1) is 9.37. The predicted octanol–water partition coefficient (Wildman–Crippen LogP) is 0.141. The van der Waals surface area contributed by atoms with Crippen LogP contribution in [0.1, 0.15) is 29.8 Å². The Morgan fingerprint density at radius 3 is 2.90 bits per heavy atom. The van der Waals surface area contributed by atoms with E-state index in [1.807, 2.05) is 0 Å². The zero-order chi connectivity index (χ0) is 14.8. The van der Waals surface area contributed by atoms with Crippen molar-refractivity contribution in [1.29, 1.82) is 0 Å². The van der Waals surface area contributed by atoms with Crippen molar-refractivity contribution in [2.24, 2.45) is 0 Å². The third-order valence-electron chi connectivity index (χ3n) is 3.40. The second-order valence-electron chi connectivity index (χ2n) is 5.12. The summed E-state index contributed by atoms with van der Waals surface area (Å²) in [6, 6.07) is 1.48.